The summed E-state index contributed by atoms with van der Waals surface area (Å²) in [5.41, 5.74) is 6.99. The van der Waals surface area contributed by atoms with Crippen molar-refractivity contribution >= 4 is 40.2 Å². The molecule has 0 aliphatic rings. The molecule has 0 aromatic heterocycles. The average Bonchev–Trinajstić information content (AvgIpc) is 2.49. The van der Waals surface area contributed by atoms with Crippen molar-refractivity contribution in [3.63, 3.8) is 0 Å². The van der Waals surface area contributed by atoms with Gasteiger partial charge in [0.25, 0.3) is 0 Å². The SMILES string of the molecule is N#CCOC(=O)c1cc(N=N)c(C(=O)OCC#N)cc1I. The number of halogens is 1. The first-order valence-corrected chi connectivity index (χ1v) is 6.42. The Hall–Kier alpha value is -2.53. The molecule has 106 valence electrons. The Labute approximate surface area is 132 Å². The maximum absolute atomic E-state index is 11.7. The van der Waals surface area contributed by atoms with Crippen LogP contribution in [-0.2, 0) is 9.47 Å². The predicted octanol–water partition coefficient (Wildman–Crippen LogP) is 2.31. The third kappa shape index (κ3) is 4.22. The summed E-state index contributed by atoms with van der Waals surface area (Å²) in [6, 6.07) is 5.80. The van der Waals surface area contributed by atoms with Crippen LogP contribution in [0.5, 0.6) is 0 Å². The Balaban J connectivity index is 3.17. The van der Waals surface area contributed by atoms with E-state index in [1.54, 1.807) is 34.7 Å². The van der Waals surface area contributed by atoms with Crippen LogP contribution >= 0.6 is 22.6 Å². The first-order chi connectivity index (χ1) is 10.0. The maximum atomic E-state index is 11.7. The summed E-state index contributed by atoms with van der Waals surface area (Å²) in [6.07, 6.45) is 0. The molecule has 8 nitrogen and oxygen atoms in total. The highest BCUT2D eigenvalue weighted by Gasteiger charge is 2.20. The van der Waals surface area contributed by atoms with Crippen molar-refractivity contribution in [2.75, 3.05) is 13.2 Å². The minimum Gasteiger partial charge on any atom is -0.447 e. The second kappa shape index (κ2) is 7.91. The van der Waals surface area contributed by atoms with Gasteiger partial charge in [-0.1, -0.05) is 0 Å². The molecule has 0 radical (unpaired) electrons. The summed E-state index contributed by atoms with van der Waals surface area (Å²) >= 11 is 1.80. The Morgan fingerprint density at radius 1 is 1.14 bits per heavy atom. The average molecular weight is 398 g/mol. The van der Waals surface area contributed by atoms with Gasteiger partial charge in [-0.05, 0) is 34.7 Å². The van der Waals surface area contributed by atoms with Gasteiger partial charge in [-0.15, -0.1) is 0 Å². The van der Waals surface area contributed by atoms with E-state index in [2.05, 4.69) is 14.6 Å². The Bertz CT molecular complexity index is 675. The number of nitriles is 2. The molecule has 1 aromatic rings. The lowest BCUT2D eigenvalue weighted by molar-refractivity contribution is 0.0540. The van der Waals surface area contributed by atoms with Crippen LogP contribution in [0.25, 0.3) is 0 Å². The van der Waals surface area contributed by atoms with Crippen LogP contribution < -0.4 is 0 Å². The van der Waals surface area contributed by atoms with Crippen molar-refractivity contribution in [1.29, 1.82) is 16.1 Å². The zero-order chi connectivity index (χ0) is 15.8. The van der Waals surface area contributed by atoms with Gasteiger partial charge in [0, 0.05) is 3.57 Å². The molecule has 0 aliphatic carbocycles. The molecule has 0 saturated carbocycles. The van der Waals surface area contributed by atoms with Crippen LogP contribution in [0.1, 0.15) is 20.7 Å². The number of esters is 2. The second-order valence-electron chi connectivity index (χ2n) is 3.43. The zero-order valence-corrected chi connectivity index (χ0v) is 12.6. The van der Waals surface area contributed by atoms with Crippen LogP contribution in [0.3, 0.4) is 0 Å². The largest absolute Gasteiger partial charge is 0.447 e. The first kappa shape index (κ1) is 16.5. The fourth-order valence-corrected chi connectivity index (χ4v) is 2.01. The molecule has 0 atom stereocenters. The highest BCUT2D eigenvalue weighted by Crippen LogP contribution is 2.26. The summed E-state index contributed by atoms with van der Waals surface area (Å²) in [5.74, 6) is -1.58. The van der Waals surface area contributed by atoms with Gasteiger partial charge < -0.3 is 9.47 Å². The molecule has 0 heterocycles. The summed E-state index contributed by atoms with van der Waals surface area (Å²) in [5, 5.41) is 19.9. The third-order valence-electron chi connectivity index (χ3n) is 2.18. The molecule has 1 N–H and O–H groups in total. The Morgan fingerprint density at radius 3 is 2.14 bits per heavy atom. The van der Waals surface area contributed by atoms with Crippen molar-refractivity contribution < 1.29 is 19.1 Å². The summed E-state index contributed by atoms with van der Waals surface area (Å²) < 4.78 is 9.66. The molecule has 0 fully saturated rings. The normalized spacial score (nSPS) is 9.10. The van der Waals surface area contributed by atoms with E-state index in [-0.39, 0.29) is 16.8 Å². The van der Waals surface area contributed by atoms with Gasteiger partial charge in [0.15, 0.2) is 13.2 Å². The number of nitrogens with one attached hydrogen (secondary N) is 1. The molecular formula is C12H7IN4O4. The minimum atomic E-state index is -0.822. The van der Waals surface area contributed by atoms with Gasteiger partial charge in [0.1, 0.15) is 17.8 Å². The molecule has 0 unspecified atom stereocenters. The number of rotatable bonds is 5. The lowest BCUT2D eigenvalue weighted by Crippen LogP contribution is -2.11. The minimum absolute atomic E-state index is 0.0403. The molecule has 1 aromatic carbocycles. The lowest BCUT2D eigenvalue weighted by Gasteiger charge is -2.08. The summed E-state index contributed by atoms with van der Waals surface area (Å²) in [4.78, 5) is 23.4. The van der Waals surface area contributed by atoms with E-state index in [4.69, 9.17) is 16.1 Å². The van der Waals surface area contributed by atoms with E-state index in [1.807, 2.05) is 0 Å². The summed E-state index contributed by atoms with van der Waals surface area (Å²) in [6.45, 7) is -0.840. The maximum Gasteiger partial charge on any atom is 0.341 e. The van der Waals surface area contributed by atoms with Crippen molar-refractivity contribution in [2.24, 2.45) is 5.11 Å². The van der Waals surface area contributed by atoms with Crippen molar-refractivity contribution in [2.45, 2.75) is 0 Å². The topological polar surface area (TPSA) is 136 Å². The number of carbonyl (C=O) groups is 2. The predicted molar refractivity (Wildman–Crippen MR) is 75.8 cm³/mol. The van der Waals surface area contributed by atoms with Crippen molar-refractivity contribution in [1.82, 2.24) is 0 Å². The van der Waals surface area contributed by atoms with Crippen LogP contribution in [0.4, 0.5) is 5.69 Å². The highest BCUT2D eigenvalue weighted by molar-refractivity contribution is 14.1. The van der Waals surface area contributed by atoms with Crippen molar-refractivity contribution in [3.8, 4) is 12.1 Å². The molecule has 0 bridgehead atoms. The zero-order valence-electron chi connectivity index (χ0n) is 10.4. The lowest BCUT2D eigenvalue weighted by atomic mass is 10.1. The first-order valence-electron chi connectivity index (χ1n) is 5.34. The second-order valence-corrected chi connectivity index (χ2v) is 4.59. The van der Waals surface area contributed by atoms with Gasteiger partial charge in [-0.3, -0.25) is 0 Å². The van der Waals surface area contributed by atoms with E-state index in [1.165, 1.54) is 12.1 Å². The van der Waals surface area contributed by atoms with Gasteiger partial charge in [-0.2, -0.15) is 15.6 Å². The van der Waals surface area contributed by atoms with Crippen LogP contribution in [0.2, 0.25) is 0 Å². The molecule has 9 heteroatoms. The molecule has 0 spiro atoms. The number of nitrogens with zero attached hydrogens (tertiary/aromatic N) is 3. The van der Waals surface area contributed by atoms with Gasteiger partial charge in [0.2, 0.25) is 0 Å². The van der Waals surface area contributed by atoms with E-state index in [0.29, 0.717) is 3.57 Å². The Kier molecular flexibility index (Phi) is 6.23. The van der Waals surface area contributed by atoms with Crippen molar-refractivity contribution in [3.05, 3.63) is 26.8 Å². The smallest absolute Gasteiger partial charge is 0.341 e. The van der Waals surface area contributed by atoms with E-state index in [0.717, 1.165) is 0 Å². The van der Waals surface area contributed by atoms with Crippen LogP contribution in [-0.4, -0.2) is 25.2 Å². The number of benzene rings is 1. The fraction of sp³-hybridized carbons (Fsp3) is 0.167. The van der Waals surface area contributed by atoms with E-state index >= 15 is 0 Å². The number of hydrogen-bond acceptors (Lipinski definition) is 8. The molecule has 21 heavy (non-hydrogen) atoms. The van der Waals surface area contributed by atoms with Crippen LogP contribution in [0.15, 0.2) is 17.2 Å². The van der Waals surface area contributed by atoms with E-state index < -0.39 is 25.2 Å². The quantitative estimate of drug-likeness (QED) is 0.459. The monoisotopic (exact) mass is 398 g/mol. The standard InChI is InChI=1S/C12H7IN4O4/c13-9-5-8(12(19)21-4-2-15)10(17-16)6-7(9)11(18)20-3-1-14/h5-6,16H,3-4H2. The third-order valence-corrected chi connectivity index (χ3v) is 3.07. The number of hydrogen-bond donors (Lipinski definition) is 1. The summed E-state index contributed by atoms with van der Waals surface area (Å²) in [7, 11) is 0. The molecule has 0 amide bonds. The molecule has 0 saturated heterocycles. The van der Waals surface area contributed by atoms with Crippen LogP contribution in [0, 0.1) is 31.8 Å². The highest BCUT2D eigenvalue weighted by atomic mass is 127. The Morgan fingerprint density at radius 2 is 1.67 bits per heavy atom. The number of carbonyl (C=O) groups excluding carboxylic acids is 2. The molecular weight excluding hydrogens is 391 g/mol. The molecule has 1 rings (SSSR count). The van der Waals surface area contributed by atoms with Gasteiger partial charge >= 0.3 is 11.9 Å². The number of ether oxygens (including phenoxy) is 2. The van der Waals surface area contributed by atoms with E-state index in [9.17, 15) is 9.59 Å². The molecule has 0 aliphatic heterocycles. The van der Waals surface area contributed by atoms with Gasteiger partial charge in [0.05, 0.1) is 11.1 Å². The van der Waals surface area contributed by atoms with Gasteiger partial charge in [-0.25, -0.2) is 15.1 Å². The fourth-order valence-electron chi connectivity index (χ4n) is 1.33.